The largest absolute Gasteiger partial charge is 0.491 e. The van der Waals surface area contributed by atoms with Gasteiger partial charge in [0.25, 0.3) is 0 Å². The van der Waals surface area contributed by atoms with Crippen molar-refractivity contribution in [3.63, 3.8) is 0 Å². The lowest BCUT2D eigenvalue weighted by molar-refractivity contribution is -0.386. The standard InChI is InChI=1S/C16H24N2O5/c1-11(2)22-13-9-14(17-5-7-21-8-6-17)16(23-12(3)4)15(10-13)18(19)20/h9-12H,5-8H2,1-4H3. The molecule has 1 aromatic rings. The van der Waals surface area contributed by atoms with Gasteiger partial charge in [-0.1, -0.05) is 0 Å². The van der Waals surface area contributed by atoms with Gasteiger partial charge in [-0.3, -0.25) is 10.1 Å². The molecule has 1 aliphatic rings. The van der Waals surface area contributed by atoms with Crippen molar-refractivity contribution in [2.75, 3.05) is 31.2 Å². The monoisotopic (exact) mass is 324 g/mol. The number of anilines is 1. The maximum atomic E-state index is 11.5. The van der Waals surface area contributed by atoms with Gasteiger partial charge < -0.3 is 19.1 Å². The maximum absolute atomic E-state index is 11.5. The van der Waals surface area contributed by atoms with Gasteiger partial charge in [0.2, 0.25) is 5.75 Å². The van der Waals surface area contributed by atoms with Crippen LogP contribution >= 0.6 is 0 Å². The van der Waals surface area contributed by atoms with E-state index in [1.54, 1.807) is 0 Å². The van der Waals surface area contributed by atoms with E-state index in [2.05, 4.69) is 0 Å². The molecule has 0 N–H and O–H groups in total. The average molecular weight is 324 g/mol. The summed E-state index contributed by atoms with van der Waals surface area (Å²) in [6.45, 7) is 9.98. The second-order valence-electron chi connectivity index (χ2n) is 5.98. The quantitative estimate of drug-likeness (QED) is 0.591. The van der Waals surface area contributed by atoms with Gasteiger partial charge in [-0.15, -0.1) is 0 Å². The Morgan fingerprint density at radius 1 is 1.13 bits per heavy atom. The first-order valence-corrected chi connectivity index (χ1v) is 7.87. The van der Waals surface area contributed by atoms with Crippen molar-refractivity contribution in [3.05, 3.63) is 22.2 Å². The SMILES string of the molecule is CC(C)Oc1cc(N2CCOCC2)c(OC(C)C)c([N+](=O)[O-])c1. The minimum atomic E-state index is -0.422. The summed E-state index contributed by atoms with van der Waals surface area (Å²) in [4.78, 5) is 13.1. The van der Waals surface area contributed by atoms with Crippen LogP contribution in [0.4, 0.5) is 11.4 Å². The molecule has 1 saturated heterocycles. The zero-order chi connectivity index (χ0) is 17.0. The summed E-state index contributed by atoms with van der Waals surface area (Å²) >= 11 is 0. The number of morpholine rings is 1. The average Bonchev–Trinajstić information content (AvgIpc) is 2.48. The molecule has 2 rings (SSSR count). The van der Waals surface area contributed by atoms with Crippen LogP contribution in [0.5, 0.6) is 11.5 Å². The highest BCUT2D eigenvalue weighted by molar-refractivity contribution is 5.71. The molecule has 1 fully saturated rings. The first-order valence-electron chi connectivity index (χ1n) is 7.87. The molecular formula is C16H24N2O5. The van der Waals surface area contributed by atoms with Gasteiger partial charge in [0, 0.05) is 19.2 Å². The number of nitrogens with zero attached hydrogens (tertiary/aromatic N) is 2. The Morgan fingerprint density at radius 3 is 2.26 bits per heavy atom. The van der Waals surface area contributed by atoms with Crippen molar-refractivity contribution in [2.45, 2.75) is 39.9 Å². The third kappa shape index (κ3) is 4.48. The molecule has 0 aromatic heterocycles. The highest BCUT2D eigenvalue weighted by Crippen LogP contribution is 2.42. The van der Waals surface area contributed by atoms with Gasteiger partial charge in [-0.05, 0) is 27.7 Å². The minimum Gasteiger partial charge on any atom is -0.491 e. The predicted octanol–water partition coefficient (Wildman–Crippen LogP) is 3.01. The zero-order valence-corrected chi connectivity index (χ0v) is 14.1. The van der Waals surface area contributed by atoms with Crippen LogP contribution in [-0.4, -0.2) is 43.4 Å². The number of nitro groups is 1. The molecule has 23 heavy (non-hydrogen) atoms. The van der Waals surface area contributed by atoms with E-state index in [4.69, 9.17) is 14.2 Å². The smallest absolute Gasteiger partial charge is 0.316 e. The molecule has 0 atom stereocenters. The summed E-state index contributed by atoms with van der Waals surface area (Å²) in [6.07, 6.45) is -0.227. The lowest BCUT2D eigenvalue weighted by Gasteiger charge is -2.31. The van der Waals surface area contributed by atoms with E-state index >= 15 is 0 Å². The van der Waals surface area contributed by atoms with E-state index < -0.39 is 4.92 Å². The molecular weight excluding hydrogens is 300 g/mol. The highest BCUT2D eigenvalue weighted by atomic mass is 16.6. The Labute approximate surface area is 136 Å². The predicted molar refractivity (Wildman–Crippen MR) is 87.7 cm³/mol. The van der Waals surface area contributed by atoms with Crippen molar-refractivity contribution in [2.24, 2.45) is 0 Å². The molecule has 0 aliphatic carbocycles. The Balaban J connectivity index is 2.51. The van der Waals surface area contributed by atoms with E-state index in [-0.39, 0.29) is 17.9 Å². The van der Waals surface area contributed by atoms with E-state index in [0.717, 1.165) is 0 Å². The van der Waals surface area contributed by atoms with Gasteiger partial charge >= 0.3 is 5.69 Å². The first kappa shape index (κ1) is 17.3. The molecule has 7 heteroatoms. The van der Waals surface area contributed by atoms with Crippen molar-refractivity contribution >= 4 is 11.4 Å². The summed E-state index contributed by atoms with van der Waals surface area (Å²) in [6, 6.07) is 3.25. The summed E-state index contributed by atoms with van der Waals surface area (Å²) in [7, 11) is 0. The zero-order valence-electron chi connectivity index (χ0n) is 14.1. The van der Waals surface area contributed by atoms with Crippen molar-refractivity contribution in [1.29, 1.82) is 0 Å². The van der Waals surface area contributed by atoms with Crippen LogP contribution in [-0.2, 0) is 4.74 Å². The fraction of sp³-hybridized carbons (Fsp3) is 0.625. The molecule has 128 valence electrons. The lowest BCUT2D eigenvalue weighted by atomic mass is 10.2. The maximum Gasteiger partial charge on any atom is 0.316 e. The number of ether oxygens (including phenoxy) is 3. The molecule has 0 saturated carbocycles. The van der Waals surface area contributed by atoms with Crippen LogP contribution in [0.15, 0.2) is 12.1 Å². The van der Waals surface area contributed by atoms with Crippen LogP contribution in [0.1, 0.15) is 27.7 Å². The molecule has 1 aromatic carbocycles. The van der Waals surface area contributed by atoms with Crippen molar-refractivity contribution in [3.8, 4) is 11.5 Å². The van der Waals surface area contributed by atoms with E-state index in [1.807, 2.05) is 38.7 Å². The fourth-order valence-electron chi connectivity index (χ4n) is 2.44. The van der Waals surface area contributed by atoms with E-state index in [1.165, 1.54) is 6.07 Å². The molecule has 1 heterocycles. The number of benzene rings is 1. The Bertz CT molecular complexity index is 554. The third-order valence-electron chi connectivity index (χ3n) is 3.30. The summed E-state index contributed by atoms with van der Waals surface area (Å²) in [5, 5.41) is 11.5. The van der Waals surface area contributed by atoms with Crippen LogP contribution in [0.25, 0.3) is 0 Å². The van der Waals surface area contributed by atoms with E-state index in [9.17, 15) is 10.1 Å². The Morgan fingerprint density at radius 2 is 1.74 bits per heavy atom. The molecule has 0 amide bonds. The van der Waals surface area contributed by atoms with Crippen LogP contribution in [0.2, 0.25) is 0 Å². The second-order valence-corrected chi connectivity index (χ2v) is 5.98. The Hall–Kier alpha value is -2.02. The summed E-state index contributed by atoms with van der Waals surface area (Å²) in [5.74, 6) is 0.771. The molecule has 0 spiro atoms. The molecule has 0 unspecified atom stereocenters. The van der Waals surface area contributed by atoms with Gasteiger partial charge in [-0.25, -0.2) is 0 Å². The second kappa shape index (κ2) is 7.50. The fourth-order valence-corrected chi connectivity index (χ4v) is 2.44. The number of hydrogen-bond acceptors (Lipinski definition) is 6. The number of hydrogen-bond donors (Lipinski definition) is 0. The lowest BCUT2D eigenvalue weighted by Crippen LogP contribution is -2.36. The van der Waals surface area contributed by atoms with Crippen LogP contribution in [0, 0.1) is 10.1 Å². The summed E-state index contributed by atoms with van der Waals surface area (Å²) < 4.78 is 16.8. The van der Waals surface area contributed by atoms with Crippen LogP contribution in [0.3, 0.4) is 0 Å². The molecule has 0 bridgehead atoms. The van der Waals surface area contributed by atoms with Crippen LogP contribution < -0.4 is 14.4 Å². The molecule has 7 nitrogen and oxygen atoms in total. The van der Waals surface area contributed by atoms with Gasteiger partial charge in [0.1, 0.15) is 5.75 Å². The van der Waals surface area contributed by atoms with E-state index in [0.29, 0.717) is 43.5 Å². The Kier molecular flexibility index (Phi) is 5.65. The first-order chi connectivity index (χ1) is 10.9. The topological polar surface area (TPSA) is 74.1 Å². The highest BCUT2D eigenvalue weighted by Gasteiger charge is 2.27. The number of nitro benzene ring substituents is 1. The van der Waals surface area contributed by atoms with Crippen molar-refractivity contribution < 1.29 is 19.1 Å². The normalized spacial score (nSPS) is 15.1. The van der Waals surface area contributed by atoms with Crippen molar-refractivity contribution in [1.82, 2.24) is 0 Å². The van der Waals surface area contributed by atoms with Gasteiger partial charge in [0.15, 0.2) is 0 Å². The molecule has 1 aliphatic heterocycles. The number of rotatable bonds is 6. The third-order valence-corrected chi connectivity index (χ3v) is 3.30. The minimum absolute atomic E-state index is 0.0657. The molecule has 0 radical (unpaired) electrons. The summed E-state index contributed by atoms with van der Waals surface area (Å²) in [5.41, 5.74) is 0.616. The van der Waals surface area contributed by atoms with Gasteiger partial charge in [0.05, 0.1) is 42.1 Å². The van der Waals surface area contributed by atoms with Gasteiger partial charge in [-0.2, -0.15) is 0 Å².